The summed E-state index contributed by atoms with van der Waals surface area (Å²) in [6.45, 7) is 3.66. The number of nitrogens with zero attached hydrogens (tertiary/aromatic N) is 2. The van der Waals surface area contributed by atoms with Crippen molar-refractivity contribution in [1.29, 1.82) is 0 Å². The highest BCUT2D eigenvalue weighted by Crippen LogP contribution is 2.22. The molecule has 0 saturated carbocycles. The van der Waals surface area contributed by atoms with Crippen molar-refractivity contribution in [2.75, 3.05) is 31.1 Å². The number of amides is 1. The van der Waals surface area contributed by atoms with Gasteiger partial charge in [0, 0.05) is 31.9 Å². The minimum absolute atomic E-state index is 0.0604. The molecule has 1 unspecified atom stereocenters. The number of nitrogens with one attached hydrogen (secondary N) is 2. The first-order chi connectivity index (χ1) is 13.3. The Morgan fingerprint density at radius 2 is 1.93 bits per heavy atom. The first-order valence-electron chi connectivity index (χ1n) is 10.1. The number of aromatic nitrogens is 1. The molecule has 142 valence electrons. The van der Waals surface area contributed by atoms with Gasteiger partial charge in [-0.15, -0.1) is 0 Å². The Morgan fingerprint density at radius 3 is 2.70 bits per heavy atom. The SMILES string of the molecule is O=C(NCC1NCCc2ccccc21)c1ccc(N2CCCCCC2)nc1. The van der Waals surface area contributed by atoms with Gasteiger partial charge in [0.2, 0.25) is 0 Å². The van der Waals surface area contributed by atoms with Gasteiger partial charge in [-0.25, -0.2) is 4.98 Å². The average Bonchev–Trinajstić information content (AvgIpc) is 3.02. The molecule has 1 aromatic heterocycles. The van der Waals surface area contributed by atoms with Crippen LogP contribution in [0.15, 0.2) is 42.6 Å². The summed E-state index contributed by atoms with van der Waals surface area (Å²) in [5.41, 5.74) is 3.29. The number of hydrogen-bond acceptors (Lipinski definition) is 4. The molecule has 2 aliphatic heterocycles. The van der Waals surface area contributed by atoms with Crippen LogP contribution in [0.5, 0.6) is 0 Å². The van der Waals surface area contributed by atoms with Crippen molar-refractivity contribution in [2.24, 2.45) is 0 Å². The summed E-state index contributed by atoms with van der Waals surface area (Å²) in [6.07, 6.45) is 7.80. The van der Waals surface area contributed by atoms with E-state index in [-0.39, 0.29) is 11.9 Å². The third-order valence-corrected chi connectivity index (χ3v) is 5.62. The highest BCUT2D eigenvalue weighted by molar-refractivity contribution is 5.94. The van der Waals surface area contributed by atoms with Gasteiger partial charge in [-0.3, -0.25) is 4.79 Å². The van der Waals surface area contributed by atoms with E-state index in [1.807, 2.05) is 12.1 Å². The van der Waals surface area contributed by atoms with Crippen LogP contribution < -0.4 is 15.5 Å². The normalized spacial score (nSPS) is 19.9. The predicted molar refractivity (Wildman–Crippen MR) is 108 cm³/mol. The van der Waals surface area contributed by atoms with Crippen molar-refractivity contribution in [3.63, 3.8) is 0 Å². The van der Waals surface area contributed by atoms with E-state index in [2.05, 4.69) is 44.8 Å². The Balaban J connectivity index is 1.36. The fourth-order valence-electron chi connectivity index (χ4n) is 4.08. The zero-order valence-corrected chi connectivity index (χ0v) is 15.8. The summed E-state index contributed by atoms with van der Waals surface area (Å²) < 4.78 is 0. The van der Waals surface area contributed by atoms with Gasteiger partial charge in [-0.05, 0) is 49.1 Å². The highest BCUT2D eigenvalue weighted by Gasteiger charge is 2.20. The van der Waals surface area contributed by atoms with E-state index < -0.39 is 0 Å². The lowest BCUT2D eigenvalue weighted by molar-refractivity contribution is 0.0949. The molecule has 0 radical (unpaired) electrons. The minimum atomic E-state index is -0.0604. The molecule has 1 amide bonds. The molecule has 5 nitrogen and oxygen atoms in total. The molecule has 5 heteroatoms. The maximum absolute atomic E-state index is 12.5. The summed E-state index contributed by atoms with van der Waals surface area (Å²) in [5, 5.41) is 6.57. The number of anilines is 1. The molecule has 3 heterocycles. The van der Waals surface area contributed by atoms with Gasteiger partial charge < -0.3 is 15.5 Å². The van der Waals surface area contributed by atoms with E-state index in [4.69, 9.17) is 0 Å². The Morgan fingerprint density at radius 1 is 1.11 bits per heavy atom. The smallest absolute Gasteiger partial charge is 0.252 e. The van der Waals surface area contributed by atoms with Crippen molar-refractivity contribution in [1.82, 2.24) is 15.6 Å². The topological polar surface area (TPSA) is 57.3 Å². The molecule has 2 aromatic rings. The summed E-state index contributed by atoms with van der Waals surface area (Å²) in [5.74, 6) is 0.922. The van der Waals surface area contributed by atoms with E-state index in [0.717, 1.165) is 31.9 Å². The molecule has 1 atom stereocenters. The third kappa shape index (κ3) is 4.30. The van der Waals surface area contributed by atoms with Gasteiger partial charge in [0.1, 0.15) is 5.82 Å². The van der Waals surface area contributed by atoms with Gasteiger partial charge in [-0.1, -0.05) is 37.1 Å². The van der Waals surface area contributed by atoms with E-state index in [1.54, 1.807) is 6.20 Å². The largest absolute Gasteiger partial charge is 0.357 e. The molecule has 1 aromatic carbocycles. The zero-order chi connectivity index (χ0) is 18.5. The standard InChI is InChI=1S/C22H28N4O/c27-22(25-16-20-19-8-4-3-7-17(19)11-12-23-20)18-9-10-21(24-15-18)26-13-5-1-2-6-14-26/h3-4,7-10,15,20,23H,1-2,5-6,11-14,16H2,(H,25,27). The van der Waals surface area contributed by atoms with E-state index in [0.29, 0.717) is 12.1 Å². The molecule has 2 aliphatic rings. The number of hydrogen-bond donors (Lipinski definition) is 2. The summed E-state index contributed by atoms with van der Waals surface area (Å²) in [6, 6.07) is 12.5. The predicted octanol–water partition coefficient (Wildman–Crippen LogP) is 3.08. The van der Waals surface area contributed by atoms with Crippen LogP contribution in [0.25, 0.3) is 0 Å². The van der Waals surface area contributed by atoms with Crippen molar-refractivity contribution in [3.05, 3.63) is 59.3 Å². The summed E-state index contributed by atoms with van der Waals surface area (Å²) in [4.78, 5) is 19.4. The number of carbonyl (C=O) groups is 1. The van der Waals surface area contributed by atoms with Crippen LogP contribution in [-0.4, -0.2) is 37.1 Å². The van der Waals surface area contributed by atoms with Crippen LogP contribution in [0, 0.1) is 0 Å². The lowest BCUT2D eigenvalue weighted by atomic mass is 9.94. The second kappa shape index (κ2) is 8.53. The van der Waals surface area contributed by atoms with Crippen LogP contribution >= 0.6 is 0 Å². The average molecular weight is 364 g/mol. The fourth-order valence-corrected chi connectivity index (χ4v) is 4.08. The maximum Gasteiger partial charge on any atom is 0.252 e. The molecular weight excluding hydrogens is 336 g/mol. The quantitative estimate of drug-likeness (QED) is 0.875. The van der Waals surface area contributed by atoms with Crippen molar-refractivity contribution in [3.8, 4) is 0 Å². The van der Waals surface area contributed by atoms with E-state index in [1.165, 1.54) is 36.8 Å². The van der Waals surface area contributed by atoms with E-state index in [9.17, 15) is 4.79 Å². The van der Waals surface area contributed by atoms with Crippen LogP contribution in [0.2, 0.25) is 0 Å². The monoisotopic (exact) mass is 364 g/mol. The number of fused-ring (bicyclic) bond motifs is 1. The van der Waals surface area contributed by atoms with E-state index >= 15 is 0 Å². The number of pyridine rings is 1. The number of benzene rings is 1. The summed E-state index contributed by atoms with van der Waals surface area (Å²) in [7, 11) is 0. The second-order valence-corrected chi connectivity index (χ2v) is 7.47. The van der Waals surface area contributed by atoms with Crippen LogP contribution in [0.4, 0.5) is 5.82 Å². The van der Waals surface area contributed by atoms with Gasteiger partial charge in [-0.2, -0.15) is 0 Å². The summed E-state index contributed by atoms with van der Waals surface area (Å²) >= 11 is 0. The Labute approximate surface area is 161 Å². The molecule has 0 spiro atoms. The Kier molecular flexibility index (Phi) is 5.68. The van der Waals surface area contributed by atoms with Crippen LogP contribution in [0.3, 0.4) is 0 Å². The minimum Gasteiger partial charge on any atom is -0.357 e. The molecule has 0 bridgehead atoms. The molecule has 1 saturated heterocycles. The van der Waals surface area contributed by atoms with Gasteiger partial charge >= 0.3 is 0 Å². The maximum atomic E-state index is 12.5. The van der Waals surface area contributed by atoms with Gasteiger partial charge in [0.25, 0.3) is 5.91 Å². The molecule has 1 fully saturated rings. The fraction of sp³-hybridized carbons (Fsp3) is 0.455. The molecule has 2 N–H and O–H groups in total. The Bertz CT molecular complexity index is 766. The molecular formula is C22H28N4O. The first kappa shape index (κ1) is 18.0. The first-order valence-corrected chi connectivity index (χ1v) is 10.1. The van der Waals surface area contributed by atoms with Crippen molar-refractivity contribution in [2.45, 2.75) is 38.1 Å². The van der Waals surface area contributed by atoms with Gasteiger partial charge in [0.15, 0.2) is 0 Å². The lowest BCUT2D eigenvalue weighted by Gasteiger charge is -2.27. The number of carbonyl (C=O) groups excluding carboxylic acids is 1. The zero-order valence-electron chi connectivity index (χ0n) is 15.8. The van der Waals surface area contributed by atoms with Crippen LogP contribution in [-0.2, 0) is 6.42 Å². The van der Waals surface area contributed by atoms with Crippen molar-refractivity contribution >= 4 is 11.7 Å². The lowest BCUT2D eigenvalue weighted by Crippen LogP contribution is -2.38. The molecule has 27 heavy (non-hydrogen) atoms. The number of rotatable bonds is 4. The van der Waals surface area contributed by atoms with Crippen LogP contribution in [0.1, 0.15) is 53.2 Å². The highest BCUT2D eigenvalue weighted by atomic mass is 16.1. The third-order valence-electron chi connectivity index (χ3n) is 5.62. The Hall–Kier alpha value is -2.40. The second-order valence-electron chi connectivity index (χ2n) is 7.47. The van der Waals surface area contributed by atoms with Crippen molar-refractivity contribution < 1.29 is 4.79 Å². The molecule has 0 aliphatic carbocycles. The molecule has 4 rings (SSSR count). The van der Waals surface area contributed by atoms with Gasteiger partial charge in [0.05, 0.1) is 5.56 Å².